The Labute approximate surface area is 162 Å². The van der Waals surface area contributed by atoms with Crippen LogP contribution >= 0.6 is 18.6 Å². The molecule has 0 atom stereocenters. The molecule has 10 heteroatoms. The number of aliphatic hydroxyl groups excluding tert-OH is 1. The van der Waals surface area contributed by atoms with Gasteiger partial charge in [-0.3, -0.25) is 0 Å². The Kier molecular flexibility index (Phi) is 9.29. The number of nitrogens with zero attached hydrogens (tertiary/aromatic N) is 1. The van der Waals surface area contributed by atoms with Crippen LogP contribution in [0.3, 0.4) is 0 Å². The van der Waals surface area contributed by atoms with Crippen LogP contribution in [0.4, 0.5) is 27.6 Å². The van der Waals surface area contributed by atoms with E-state index in [4.69, 9.17) is 18.6 Å². The third-order valence-corrected chi connectivity index (χ3v) is 2.83. The summed E-state index contributed by atoms with van der Waals surface area (Å²) in [4.78, 5) is 3.51. The molecule has 0 amide bonds. The fourth-order valence-electron chi connectivity index (χ4n) is 1.80. The van der Waals surface area contributed by atoms with E-state index in [0.29, 0.717) is 5.56 Å². The van der Waals surface area contributed by atoms with Gasteiger partial charge < -0.3 is 5.11 Å². The van der Waals surface area contributed by atoms with Gasteiger partial charge in [0.1, 0.15) is 5.69 Å². The molecule has 26 heavy (non-hydrogen) atoms. The Morgan fingerprint density at radius 1 is 0.923 bits per heavy atom. The first-order chi connectivity index (χ1) is 12.2. The molecule has 0 aliphatic carbocycles. The van der Waals surface area contributed by atoms with Crippen molar-refractivity contribution in [3.8, 4) is 0 Å². The molecule has 138 valence electrons. The van der Waals surface area contributed by atoms with Gasteiger partial charge in [-0.2, -0.15) is 0 Å². The number of hydrogen-bond donors (Lipinski definition) is 1. The van der Waals surface area contributed by atoms with Crippen molar-refractivity contribution in [1.82, 2.24) is 0 Å². The molecular weight excluding hydrogens is 436 g/mol. The Hall–Kier alpha value is -1.41. The van der Waals surface area contributed by atoms with Crippen molar-refractivity contribution in [3.05, 3.63) is 76.8 Å². The zero-order valence-corrected chi connectivity index (χ0v) is 16.1. The SMILES string of the molecule is C/C(O)=C/C(=Nc1c(F)c(F)c(F)c(F)c1F)c1ccccc1.[Cl][Ti][Cl]. The molecule has 0 radical (unpaired) electrons. The third-order valence-electron chi connectivity index (χ3n) is 2.83. The fraction of sp³-hybridized carbons (Fsp3) is 0.0625. The minimum absolute atomic E-state index is 0.159. The van der Waals surface area contributed by atoms with Crippen LogP contribution in [0.15, 0.2) is 47.2 Å². The number of aliphatic imine (C=N–C) groups is 1. The summed E-state index contributed by atoms with van der Waals surface area (Å²) < 4.78 is 66.9. The van der Waals surface area contributed by atoms with Gasteiger partial charge in [-0.1, -0.05) is 30.3 Å². The predicted octanol–water partition coefficient (Wildman–Crippen LogP) is 6.34. The monoisotopic (exact) mass is 445 g/mol. The van der Waals surface area contributed by atoms with Crippen LogP contribution in [-0.2, 0) is 17.0 Å². The Morgan fingerprint density at radius 3 is 1.77 bits per heavy atom. The van der Waals surface area contributed by atoms with Crippen LogP contribution in [0.5, 0.6) is 0 Å². The molecule has 0 saturated heterocycles. The van der Waals surface area contributed by atoms with E-state index in [9.17, 15) is 27.1 Å². The maximum atomic E-state index is 13.7. The second kappa shape index (κ2) is 10.7. The molecule has 0 aliphatic heterocycles. The first-order valence-corrected chi connectivity index (χ1v) is 11.0. The number of allylic oxidation sites excluding steroid dienone is 2. The molecule has 0 aromatic heterocycles. The van der Waals surface area contributed by atoms with E-state index in [2.05, 4.69) is 4.99 Å². The van der Waals surface area contributed by atoms with E-state index in [-0.39, 0.29) is 11.5 Å². The zero-order valence-electron chi connectivity index (χ0n) is 13.0. The molecule has 2 nitrogen and oxygen atoms in total. The van der Waals surface area contributed by atoms with Crippen molar-refractivity contribution in [2.24, 2.45) is 4.99 Å². The number of hydrogen-bond acceptors (Lipinski definition) is 2. The number of halogens is 7. The maximum absolute atomic E-state index is 13.7. The minimum atomic E-state index is -2.26. The standard InChI is InChI=1S/C16H10F5NO.2ClH.Ti/c1-8(23)7-10(9-5-3-2-4-6-9)22-16-14(20)12(18)11(17)13(19)15(16)21;;;/h2-7,23H,1H3;2*1H;/q;;;+2/p-2/b8-7-,22-10?;;;. The van der Waals surface area contributed by atoms with E-state index >= 15 is 0 Å². The average molecular weight is 446 g/mol. The van der Waals surface area contributed by atoms with Crippen LogP contribution in [0.25, 0.3) is 0 Å². The summed E-state index contributed by atoms with van der Waals surface area (Å²) in [6, 6.07) is 7.84. The zero-order chi connectivity index (χ0) is 19.9. The molecular formula is C16H10Cl2F5NOTi. The van der Waals surface area contributed by atoms with E-state index in [0.717, 1.165) is 6.08 Å². The third kappa shape index (κ3) is 5.81. The molecule has 2 aromatic rings. The van der Waals surface area contributed by atoms with Gasteiger partial charge in [0.25, 0.3) is 0 Å². The normalized spacial score (nSPS) is 11.7. The summed E-state index contributed by atoms with van der Waals surface area (Å²) in [6.45, 7) is 1.27. The van der Waals surface area contributed by atoms with E-state index in [1.807, 2.05) is 0 Å². The summed E-state index contributed by atoms with van der Waals surface area (Å²) in [5.41, 5.74) is -1.16. The number of benzene rings is 2. The molecule has 2 aromatic carbocycles. The second-order valence-electron chi connectivity index (χ2n) is 4.64. The first kappa shape index (κ1) is 22.6. The van der Waals surface area contributed by atoms with E-state index in [1.54, 1.807) is 18.2 Å². The van der Waals surface area contributed by atoms with Crippen LogP contribution < -0.4 is 0 Å². The van der Waals surface area contributed by atoms with E-state index < -0.39 is 51.8 Å². The van der Waals surface area contributed by atoms with Gasteiger partial charge in [-0.25, -0.2) is 26.9 Å². The van der Waals surface area contributed by atoms with Gasteiger partial charge in [0.15, 0.2) is 23.3 Å². The van der Waals surface area contributed by atoms with Crippen molar-refractivity contribution < 1.29 is 44.1 Å². The van der Waals surface area contributed by atoms with Gasteiger partial charge in [0, 0.05) is 11.6 Å². The van der Waals surface area contributed by atoms with Gasteiger partial charge in [0.2, 0.25) is 5.82 Å². The molecule has 0 saturated carbocycles. The quantitative estimate of drug-likeness (QED) is 0.147. The summed E-state index contributed by atoms with van der Waals surface area (Å²) in [7, 11) is 9.78. The van der Waals surface area contributed by atoms with Gasteiger partial charge in [0.05, 0.1) is 11.5 Å². The van der Waals surface area contributed by atoms with Crippen molar-refractivity contribution in [2.45, 2.75) is 6.92 Å². The average Bonchev–Trinajstić information content (AvgIpc) is 2.62. The van der Waals surface area contributed by atoms with Crippen molar-refractivity contribution in [3.63, 3.8) is 0 Å². The number of aliphatic hydroxyl groups is 1. The summed E-state index contributed by atoms with van der Waals surface area (Å²) in [6.07, 6.45) is 1.05. The van der Waals surface area contributed by atoms with Crippen LogP contribution in [0.2, 0.25) is 0 Å². The second-order valence-corrected chi connectivity index (χ2v) is 7.22. The van der Waals surface area contributed by atoms with Crippen molar-refractivity contribution in [2.75, 3.05) is 0 Å². The van der Waals surface area contributed by atoms with Crippen LogP contribution in [0, 0.1) is 29.1 Å². The van der Waals surface area contributed by atoms with Crippen LogP contribution in [0.1, 0.15) is 12.5 Å². The van der Waals surface area contributed by atoms with Crippen LogP contribution in [-0.4, -0.2) is 10.8 Å². The topological polar surface area (TPSA) is 32.6 Å². The molecule has 0 fully saturated rings. The summed E-state index contributed by atoms with van der Waals surface area (Å²) >= 11 is -0.556. The van der Waals surface area contributed by atoms with E-state index in [1.165, 1.54) is 19.1 Å². The predicted molar refractivity (Wildman–Crippen MR) is 87.0 cm³/mol. The number of rotatable bonds is 3. The Morgan fingerprint density at radius 2 is 1.35 bits per heavy atom. The summed E-state index contributed by atoms with van der Waals surface area (Å²) in [5, 5.41) is 9.34. The molecule has 0 spiro atoms. The van der Waals surface area contributed by atoms with Gasteiger partial charge in [-0.05, 0) is 6.92 Å². The molecule has 2 rings (SSSR count). The molecule has 1 N–H and O–H groups in total. The molecule has 0 bridgehead atoms. The van der Waals surface area contributed by atoms with Crippen molar-refractivity contribution >= 4 is 30.0 Å². The van der Waals surface area contributed by atoms with Gasteiger partial charge in [-0.15, -0.1) is 0 Å². The Balaban J connectivity index is 0.00000105. The fourth-order valence-corrected chi connectivity index (χ4v) is 1.80. The molecule has 0 unspecified atom stereocenters. The summed E-state index contributed by atoms with van der Waals surface area (Å²) in [5.74, 6) is -10.8. The van der Waals surface area contributed by atoms with Gasteiger partial charge >= 0.3 is 35.6 Å². The van der Waals surface area contributed by atoms with Crippen molar-refractivity contribution in [1.29, 1.82) is 0 Å². The molecule has 0 aliphatic rings. The molecule has 0 heterocycles. The first-order valence-electron chi connectivity index (χ1n) is 6.73. The Bertz CT molecular complexity index is 798.